The van der Waals surface area contributed by atoms with Crippen molar-refractivity contribution in [2.24, 2.45) is 0 Å². The van der Waals surface area contributed by atoms with Crippen molar-refractivity contribution in [3.8, 4) is 11.4 Å². The number of aromatic nitrogens is 2. The van der Waals surface area contributed by atoms with Gasteiger partial charge in [-0.3, -0.25) is 4.79 Å². The van der Waals surface area contributed by atoms with E-state index in [1.807, 2.05) is 0 Å². The minimum atomic E-state index is -0.416. The van der Waals surface area contributed by atoms with Crippen LogP contribution in [0.3, 0.4) is 0 Å². The van der Waals surface area contributed by atoms with Crippen molar-refractivity contribution in [2.75, 3.05) is 7.11 Å². The van der Waals surface area contributed by atoms with Gasteiger partial charge in [-0.1, -0.05) is 23.2 Å². The predicted molar refractivity (Wildman–Crippen MR) is 66.4 cm³/mol. The number of nitrogens with zero attached hydrogens (tertiary/aromatic N) is 2. The van der Waals surface area contributed by atoms with Crippen LogP contribution in [0, 0.1) is 0 Å². The highest BCUT2D eigenvalue weighted by Gasteiger charge is 2.07. The third-order valence-electron chi connectivity index (χ3n) is 2.16. The zero-order chi connectivity index (χ0) is 12.4. The van der Waals surface area contributed by atoms with Crippen LogP contribution >= 0.6 is 23.2 Å². The van der Waals surface area contributed by atoms with Gasteiger partial charge in [-0.2, -0.15) is 9.78 Å². The van der Waals surface area contributed by atoms with Crippen LogP contribution in [0.25, 0.3) is 5.69 Å². The molecule has 0 atom stereocenters. The van der Waals surface area contributed by atoms with Gasteiger partial charge in [-0.05, 0) is 24.3 Å². The Balaban J connectivity index is 2.56. The van der Waals surface area contributed by atoms with E-state index in [2.05, 4.69) is 5.10 Å². The highest BCUT2D eigenvalue weighted by Crippen LogP contribution is 2.15. The number of rotatable bonds is 2. The monoisotopic (exact) mass is 270 g/mol. The summed E-state index contributed by atoms with van der Waals surface area (Å²) in [4.78, 5) is 11.8. The summed E-state index contributed by atoms with van der Waals surface area (Å²) in [5.74, 6) is 0.690. The van der Waals surface area contributed by atoms with Crippen LogP contribution in [0.2, 0.25) is 10.2 Å². The van der Waals surface area contributed by atoms with E-state index in [1.54, 1.807) is 31.4 Å². The highest BCUT2D eigenvalue weighted by atomic mass is 35.5. The van der Waals surface area contributed by atoms with Gasteiger partial charge < -0.3 is 4.74 Å². The van der Waals surface area contributed by atoms with Gasteiger partial charge >= 0.3 is 0 Å². The maximum Gasteiger partial charge on any atom is 0.290 e. The molecule has 88 valence electrons. The predicted octanol–water partition coefficient (Wildman–Crippen LogP) is 2.55. The van der Waals surface area contributed by atoms with E-state index in [9.17, 15) is 4.79 Å². The molecule has 0 unspecified atom stereocenters. The first-order valence-electron chi connectivity index (χ1n) is 4.71. The van der Waals surface area contributed by atoms with E-state index in [0.717, 1.165) is 4.68 Å². The van der Waals surface area contributed by atoms with Crippen LogP contribution < -0.4 is 10.3 Å². The van der Waals surface area contributed by atoms with Crippen LogP contribution in [0.4, 0.5) is 0 Å². The lowest BCUT2D eigenvalue weighted by atomic mass is 10.3. The van der Waals surface area contributed by atoms with Crippen molar-refractivity contribution >= 4 is 23.2 Å². The Morgan fingerprint density at radius 1 is 1.24 bits per heavy atom. The molecule has 4 nitrogen and oxygen atoms in total. The summed E-state index contributed by atoms with van der Waals surface area (Å²) in [5, 5.41) is 4.09. The Morgan fingerprint density at radius 3 is 2.47 bits per heavy atom. The molecule has 17 heavy (non-hydrogen) atoms. The molecular weight excluding hydrogens is 263 g/mol. The fraction of sp³-hybridized carbons (Fsp3) is 0.0909. The second-order valence-electron chi connectivity index (χ2n) is 3.23. The molecule has 0 aliphatic carbocycles. The van der Waals surface area contributed by atoms with E-state index in [4.69, 9.17) is 27.9 Å². The summed E-state index contributed by atoms with van der Waals surface area (Å²) in [6.07, 6.45) is 0. The molecule has 0 saturated heterocycles. The molecule has 0 radical (unpaired) electrons. The number of hydrogen-bond donors (Lipinski definition) is 0. The van der Waals surface area contributed by atoms with Crippen molar-refractivity contribution in [1.82, 2.24) is 9.78 Å². The molecule has 0 bridgehead atoms. The summed E-state index contributed by atoms with van der Waals surface area (Å²) >= 11 is 11.5. The molecule has 1 aromatic carbocycles. The van der Waals surface area contributed by atoms with Crippen molar-refractivity contribution in [3.05, 3.63) is 50.9 Å². The lowest BCUT2D eigenvalue weighted by Crippen LogP contribution is -2.21. The molecule has 2 aromatic rings. The molecule has 0 N–H and O–H groups in total. The summed E-state index contributed by atoms with van der Waals surface area (Å²) in [7, 11) is 1.57. The maximum absolute atomic E-state index is 11.8. The second kappa shape index (κ2) is 4.77. The number of hydrogen-bond acceptors (Lipinski definition) is 3. The minimum absolute atomic E-state index is 0.0285. The Morgan fingerprint density at radius 2 is 1.88 bits per heavy atom. The molecular formula is C11H8Cl2N2O2. The van der Waals surface area contributed by atoms with E-state index >= 15 is 0 Å². The second-order valence-corrected chi connectivity index (χ2v) is 4.02. The van der Waals surface area contributed by atoms with Gasteiger partial charge in [0.1, 0.15) is 10.8 Å². The first-order valence-corrected chi connectivity index (χ1v) is 5.47. The van der Waals surface area contributed by atoms with E-state index in [-0.39, 0.29) is 10.2 Å². The molecule has 0 amide bonds. The number of halogens is 2. The summed E-state index contributed by atoms with van der Waals surface area (Å²) < 4.78 is 6.17. The normalized spacial score (nSPS) is 10.3. The van der Waals surface area contributed by atoms with Gasteiger partial charge in [0.25, 0.3) is 5.56 Å². The summed E-state index contributed by atoms with van der Waals surface area (Å²) in [6, 6.07) is 8.14. The quantitative estimate of drug-likeness (QED) is 0.843. The molecule has 1 aromatic heterocycles. The molecule has 2 rings (SSSR count). The molecule has 1 heterocycles. The SMILES string of the molecule is COc1ccc(-n2nc(Cl)cc(Cl)c2=O)cc1. The van der Waals surface area contributed by atoms with Gasteiger partial charge in [0.2, 0.25) is 0 Å². The fourth-order valence-corrected chi connectivity index (χ4v) is 1.76. The molecule has 0 aliphatic rings. The Kier molecular flexibility index (Phi) is 3.36. The molecule has 0 fully saturated rings. The molecule has 6 heteroatoms. The van der Waals surface area contributed by atoms with Gasteiger partial charge in [0.15, 0.2) is 5.15 Å². The Labute approximate surface area is 107 Å². The van der Waals surface area contributed by atoms with Crippen LogP contribution in [0.5, 0.6) is 5.75 Å². The van der Waals surface area contributed by atoms with Gasteiger partial charge in [0, 0.05) is 6.07 Å². The number of benzene rings is 1. The average molecular weight is 271 g/mol. The molecule has 0 saturated carbocycles. The Hall–Kier alpha value is -1.52. The topological polar surface area (TPSA) is 44.1 Å². The van der Waals surface area contributed by atoms with Gasteiger partial charge in [-0.15, -0.1) is 0 Å². The zero-order valence-corrected chi connectivity index (χ0v) is 10.4. The van der Waals surface area contributed by atoms with Crippen LogP contribution in [-0.2, 0) is 0 Å². The van der Waals surface area contributed by atoms with Crippen LogP contribution in [-0.4, -0.2) is 16.9 Å². The first kappa shape index (κ1) is 12.0. The van der Waals surface area contributed by atoms with Crippen molar-refractivity contribution in [1.29, 1.82) is 0 Å². The van der Waals surface area contributed by atoms with Crippen LogP contribution in [0.15, 0.2) is 35.1 Å². The average Bonchev–Trinajstić information content (AvgIpc) is 2.34. The van der Waals surface area contributed by atoms with E-state index in [1.165, 1.54) is 6.07 Å². The maximum atomic E-state index is 11.8. The largest absolute Gasteiger partial charge is 0.497 e. The molecule has 0 spiro atoms. The van der Waals surface area contributed by atoms with E-state index < -0.39 is 5.56 Å². The third-order valence-corrected chi connectivity index (χ3v) is 2.61. The van der Waals surface area contributed by atoms with E-state index in [0.29, 0.717) is 11.4 Å². The smallest absolute Gasteiger partial charge is 0.290 e. The highest BCUT2D eigenvalue weighted by molar-refractivity contribution is 6.33. The fourth-order valence-electron chi connectivity index (χ4n) is 1.34. The van der Waals surface area contributed by atoms with Gasteiger partial charge in [0.05, 0.1) is 12.8 Å². The van der Waals surface area contributed by atoms with Crippen molar-refractivity contribution in [3.63, 3.8) is 0 Å². The minimum Gasteiger partial charge on any atom is -0.497 e. The number of methoxy groups -OCH3 is 1. The lowest BCUT2D eigenvalue weighted by Gasteiger charge is -2.06. The number of ether oxygens (including phenoxy) is 1. The van der Waals surface area contributed by atoms with Crippen LogP contribution in [0.1, 0.15) is 0 Å². The zero-order valence-electron chi connectivity index (χ0n) is 8.85. The summed E-state index contributed by atoms with van der Waals surface area (Å²) in [6.45, 7) is 0. The van der Waals surface area contributed by atoms with Crippen molar-refractivity contribution in [2.45, 2.75) is 0 Å². The third kappa shape index (κ3) is 2.43. The van der Waals surface area contributed by atoms with Gasteiger partial charge in [-0.25, -0.2) is 0 Å². The van der Waals surface area contributed by atoms with Crippen molar-refractivity contribution < 1.29 is 4.74 Å². The lowest BCUT2D eigenvalue weighted by molar-refractivity contribution is 0.414. The standard InChI is InChI=1S/C11H8Cl2N2O2/c1-17-8-4-2-7(3-5-8)15-11(16)9(12)6-10(13)14-15/h2-6H,1H3. The first-order chi connectivity index (χ1) is 8.11. The Bertz CT molecular complexity index is 593. The summed E-state index contributed by atoms with van der Waals surface area (Å²) in [5.41, 5.74) is 0.154. The molecule has 0 aliphatic heterocycles.